The summed E-state index contributed by atoms with van der Waals surface area (Å²) in [6.45, 7) is 0. The Bertz CT molecular complexity index is 484. The van der Waals surface area contributed by atoms with Crippen molar-refractivity contribution >= 4 is 24.7 Å². The van der Waals surface area contributed by atoms with Crippen molar-refractivity contribution in [2.75, 3.05) is 5.73 Å². The monoisotopic (exact) mass is 275 g/mol. The first-order chi connectivity index (χ1) is 8.13. The van der Waals surface area contributed by atoms with Gasteiger partial charge < -0.3 is 10.6 Å². The summed E-state index contributed by atoms with van der Waals surface area (Å²) in [5, 5.41) is 16.1. The summed E-state index contributed by atoms with van der Waals surface area (Å²) < 4.78 is 11.6. The standard InChI is InChI=1S/C8H7N3S.HO4P.H2/c9-8-11-10-7(12-8)6-4-2-1-3-5-6;1-4-5(2)3;/h1-5H,(H2,9,11);1H;1H. The van der Waals surface area contributed by atoms with E-state index in [4.69, 9.17) is 20.4 Å². The van der Waals surface area contributed by atoms with E-state index in [0.29, 0.717) is 5.13 Å². The largest absolute Gasteiger partial charge is 0.565 e. The number of benzene rings is 1. The first-order valence-corrected chi connectivity index (χ1v) is 6.15. The third-order valence-corrected chi connectivity index (χ3v) is 2.46. The topological polar surface area (TPSA) is 121 Å². The first kappa shape index (κ1) is 13.6. The molecule has 2 rings (SSSR count). The van der Waals surface area contributed by atoms with Crippen LogP contribution >= 0.6 is 19.6 Å². The van der Waals surface area contributed by atoms with Crippen LogP contribution in [0.2, 0.25) is 0 Å². The maximum atomic E-state index is 8.93. The van der Waals surface area contributed by atoms with E-state index in [1.165, 1.54) is 11.3 Å². The second kappa shape index (κ2) is 7.00. The Hall–Kier alpha value is -1.44. The number of nitrogens with two attached hydrogens (primary N) is 1. The minimum Gasteiger partial charge on any atom is -0.565 e. The van der Waals surface area contributed by atoms with Crippen molar-refractivity contribution in [3.63, 3.8) is 0 Å². The molecule has 17 heavy (non-hydrogen) atoms. The van der Waals surface area contributed by atoms with Gasteiger partial charge in [-0.1, -0.05) is 41.7 Å². The van der Waals surface area contributed by atoms with Gasteiger partial charge in [-0.15, -0.1) is 10.2 Å². The van der Waals surface area contributed by atoms with Crippen LogP contribution in [0.4, 0.5) is 5.13 Å². The van der Waals surface area contributed by atoms with Crippen LogP contribution in [0.1, 0.15) is 1.43 Å². The fourth-order valence-corrected chi connectivity index (χ4v) is 1.55. The molecule has 1 unspecified atom stereocenters. The number of hydrogen-bond acceptors (Lipinski definition) is 8. The zero-order valence-electron chi connectivity index (χ0n) is 8.39. The zero-order valence-corrected chi connectivity index (χ0v) is 10.1. The van der Waals surface area contributed by atoms with E-state index < -0.39 is 8.25 Å². The number of hydrogen-bond donors (Lipinski definition) is 2. The SMILES string of the molecule is Nc1nnc(-c2ccccc2)s1.O=[P+]([O-])OO.[HH]. The van der Waals surface area contributed by atoms with Gasteiger partial charge in [0.25, 0.3) is 0 Å². The van der Waals surface area contributed by atoms with Gasteiger partial charge in [0, 0.05) is 11.7 Å². The summed E-state index contributed by atoms with van der Waals surface area (Å²) in [7, 11) is -3.04. The molecule has 3 N–H and O–H groups in total. The second-order valence-corrected chi connectivity index (χ2v) is 4.24. The third-order valence-electron chi connectivity index (χ3n) is 1.53. The van der Waals surface area contributed by atoms with Gasteiger partial charge in [0.05, 0.1) is 0 Å². The van der Waals surface area contributed by atoms with Gasteiger partial charge in [0.15, 0.2) is 0 Å². The summed E-state index contributed by atoms with van der Waals surface area (Å²) >= 11 is 1.40. The Morgan fingerprint density at radius 2 is 2.00 bits per heavy atom. The molecule has 1 atom stereocenters. The van der Waals surface area contributed by atoms with Crippen molar-refractivity contribution in [2.24, 2.45) is 0 Å². The number of rotatable bonds is 2. The molecule has 0 bridgehead atoms. The molecule has 1 aromatic carbocycles. The van der Waals surface area contributed by atoms with Gasteiger partial charge in [-0.25, -0.2) is 5.26 Å². The molecule has 0 radical (unpaired) electrons. The summed E-state index contributed by atoms with van der Waals surface area (Å²) in [4.78, 5) is 8.93. The predicted octanol–water partition coefficient (Wildman–Crippen LogP) is 1.53. The molecule has 7 nitrogen and oxygen atoms in total. The Balaban J connectivity index is 0.000000421. The van der Waals surface area contributed by atoms with Crippen LogP contribution in [0.15, 0.2) is 30.3 Å². The molecular formula is C8H10N3O4PS. The van der Waals surface area contributed by atoms with E-state index in [1.54, 1.807) is 0 Å². The van der Waals surface area contributed by atoms with Crippen LogP contribution in [-0.2, 0) is 9.24 Å². The van der Waals surface area contributed by atoms with Crippen LogP contribution in [0.5, 0.6) is 0 Å². The molecule has 9 heteroatoms. The van der Waals surface area contributed by atoms with Gasteiger partial charge in [-0.2, -0.15) is 0 Å². The zero-order chi connectivity index (χ0) is 12.7. The highest BCUT2D eigenvalue weighted by Gasteiger charge is 2.01. The summed E-state index contributed by atoms with van der Waals surface area (Å²) in [6.07, 6.45) is 0. The van der Waals surface area contributed by atoms with Crippen LogP contribution in [0, 0.1) is 0 Å². The Labute approximate surface area is 103 Å². The number of aromatic nitrogens is 2. The van der Waals surface area contributed by atoms with E-state index in [9.17, 15) is 0 Å². The maximum absolute atomic E-state index is 8.93. The predicted molar refractivity (Wildman–Crippen MR) is 63.2 cm³/mol. The van der Waals surface area contributed by atoms with Crippen LogP contribution in [-0.4, -0.2) is 15.5 Å². The quantitative estimate of drug-likeness (QED) is 0.484. The number of anilines is 1. The lowest BCUT2D eigenvalue weighted by atomic mass is 10.2. The maximum Gasteiger partial charge on any atom is 0.521 e. The fraction of sp³-hybridized carbons (Fsp3) is 0. The molecule has 1 aromatic heterocycles. The normalized spacial score (nSPS) is 10.4. The molecule has 0 saturated carbocycles. The molecule has 0 spiro atoms. The Kier molecular flexibility index (Phi) is 5.61. The summed E-state index contributed by atoms with van der Waals surface area (Å²) in [6, 6.07) is 9.87. The van der Waals surface area contributed by atoms with E-state index >= 15 is 0 Å². The highest BCUT2D eigenvalue weighted by molar-refractivity contribution is 7.30. The number of nitrogens with zero attached hydrogens (tertiary/aromatic N) is 2. The highest BCUT2D eigenvalue weighted by atomic mass is 32.1. The van der Waals surface area contributed by atoms with E-state index in [0.717, 1.165) is 10.6 Å². The lowest BCUT2D eigenvalue weighted by Gasteiger charge is -1.90. The summed E-state index contributed by atoms with van der Waals surface area (Å²) in [5.41, 5.74) is 6.52. The molecule has 0 aliphatic heterocycles. The van der Waals surface area contributed by atoms with Crippen molar-refractivity contribution in [1.82, 2.24) is 10.2 Å². The molecule has 0 saturated heterocycles. The lowest BCUT2D eigenvalue weighted by Crippen LogP contribution is -1.84. The molecule has 1 heterocycles. The smallest absolute Gasteiger partial charge is 0.521 e. The van der Waals surface area contributed by atoms with Crippen molar-refractivity contribution in [3.05, 3.63) is 30.3 Å². The van der Waals surface area contributed by atoms with E-state index in [-0.39, 0.29) is 1.43 Å². The minimum atomic E-state index is -3.04. The van der Waals surface area contributed by atoms with Crippen molar-refractivity contribution in [2.45, 2.75) is 0 Å². The van der Waals surface area contributed by atoms with Crippen LogP contribution in [0.25, 0.3) is 10.6 Å². The van der Waals surface area contributed by atoms with Crippen LogP contribution < -0.4 is 10.6 Å². The van der Waals surface area contributed by atoms with Gasteiger partial charge >= 0.3 is 8.25 Å². The molecular weight excluding hydrogens is 265 g/mol. The van der Waals surface area contributed by atoms with Gasteiger partial charge in [-0.3, -0.25) is 0 Å². The molecule has 0 aliphatic rings. The Morgan fingerprint density at radius 3 is 2.41 bits per heavy atom. The molecule has 2 aromatic rings. The van der Waals surface area contributed by atoms with Gasteiger partial charge in [0.1, 0.15) is 5.01 Å². The summed E-state index contributed by atoms with van der Waals surface area (Å²) in [5.74, 6) is 0. The molecule has 0 fully saturated rings. The van der Waals surface area contributed by atoms with Gasteiger partial charge in [0.2, 0.25) is 5.13 Å². The lowest BCUT2D eigenvalue weighted by molar-refractivity contribution is -0.244. The third kappa shape index (κ3) is 4.94. The first-order valence-electron chi connectivity index (χ1n) is 4.24. The van der Waals surface area contributed by atoms with Gasteiger partial charge in [-0.05, 0) is 4.57 Å². The Morgan fingerprint density at radius 1 is 1.41 bits per heavy atom. The molecule has 92 valence electrons. The average molecular weight is 275 g/mol. The van der Waals surface area contributed by atoms with Crippen molar-refractivity contribution < 1.29 is 20.8 Å². The number of nitrogen functional groups attached to an aromatic ring is 1. The van der Waals surface area contributed by atoms with E-state index in [2.05, 4.69) is 14.9 Å². The van der Waals surface area contributed by atoms with Crippen molar-refractivity contribution in [3.8, 4) is 10.6 Å². The highest BCUT2D eigenvalue weighted by Crippen LogP contribution is 2.23. The average Bonchev–Trinajstić information content (AvgIpc) is 2.78. The van der Waals surface area contributed by atoms with Crippen molar-refractivity contribution in [1.29, 1.82) is 0 Å². The molecule has 0 amide bonds. The van der Waals surface area contributed by atoms with Crippen LogP contribution in [0.3, 0.4) is 0 Å². The fourth-order valence-electron chi connectivity index (χ4n) is 0.932. The second-order valence-electron chi connectivity index (χ2n) is 2.62. The molecule has 0 aliphatic carbocycles. The minimum absolute atomic E-state index is 0. The van der Waals surface area contributed by atoms with E-state index in [1.807, 2.05) is 30.3 Å².